The Morgan fingerprint density at radius 1 is 1.06 bits per heavy atom. The molecule has 12 nitrogen and oxygen atoms in total. The van der Waals surface area contributed by atoms with Gasteiger partial charge >= 0.3 is 11.7 Å². The Kier molecular flexibility index (Phi) is 5.94. The number of fused-ring (bicyclic) bond motifs is 1. The van der Waals surface area contributed by atoms with Gasteiger partial charge in [0.05, 0.1) is 21.5 Å². The molecule has 2 aromatic carbocycles. The van der Waals surface area contributed by atoms with E-state index in [0.29, 0.717) is 16.8 Å². The van der Waals surface area contributed by atoms with Crippen molar-refractivity contribution in [1.82, 2.24) is 15.1 Å². The van der Waals surface area contributed by atoms with Crippen molar-refractivity contribution in [1.29, 1.82) is 0 Å². The molecule has 0 aliphatic heterocycles. The number of aryl methyl sites for hydroxylation is 1. The average Bonchev–Trinajstić information content (AvgIpc) is 3.36. The predicted octanol–water partition coefficient (Wildman–Crippen LogP) is 2.14. The molecule has 2 heterocycles. The fraction of sp³-hybridized carbons (Fsp3) is 0.143. The van der Waals surface area contributed by atoms with Gasteiger partial charge in [0.15, 0.2) is 11.9 Å². The number of hydrogen-bond acceptors (Lipinski definition) is 8. The summed E-state index contributed by atoms with van der Waals surface area (Å²) in [4.78, 5) is 40.9. The summed E-state index contributed by atoms with van der Waals surface area (Å²) < 4.78 is 37.8. The van der Waals surface area contributed by atoms with E-state index < -0.39 is 33.7 Å². The number of rotatable bonds is 7. The smallest absolute Gasteiger partial charge is 0.338 e. The standard InChI is InChI=1S/C21H19N5O7S/c1-11-9-18(25-33-11)24-19(27)12(2)32-20(28)13-3-5-14(6-4-13)26-34(30,31)15-7-8-16-17(10-15)23-21(29)22-16/h3-10,12,26H,1-2H3,(H2,22,23,29)(H,24,25,27). The molecule has 4 N–H and O–H groups in total. The first-order chi connectivity index (χ1) is 16.1. The van der Waals surface area contributed by atoms with Crippen LogP contribution in [-0.2, 0) is 19.6 Å². The number of carbonyl (C=O) groups is 2. The molecule has 1 unspecified atom stereocenters. The van der Waals surface area contributed by atoms with Crippen molar-refractivity contribution in [2.24, 2.45) is 0 Å². The number of nitrogens with zero attached hydrogens (tertiary/aromatic N) is 1. The van der Waals surface area contributed by atoms with Crippen LogP contribution in [0.5, 0.6) is 0 Å². The van der Waals surface area contributed by atoms with Crippen LogP contribution in [0, 0.1) is 6.92 Å². The maximum absolute atomic E-state index is 12.7. The highest BCUT2D eigenvalue weighted by Gasteiger charge is 2.21. The number of H-pyrrole nitrogens is 2. The van der Waals surface area contributed by atoms with Gasteiger partial charge in [-0.05, 0) is 56.3 Å². The van der Waals surface area contributed by atoms with E-state index in [1.54, 1.807) is 6.92 Å². The molecular weight excluding hydrogens is 466 g/mol. The summed E-state index contributed by atoms with van der Waals surface area (Å²) in [6.45, 7) is 3.07. The molecule has 34 heavy (non-hydrogen) atoms. The SMILES string of the molecule is Cc1cc(NC(=O)C(C)OC(=O)c2ccc(NS(=O)(=O)c3ccc4[nH]c(=O)[nH]c4c3)cc2)no1. The molecule has 0 spiro atoms. The summed E-state index contributed by atoms with van der Waals surface area (Å²) in [5, 5.41) is 6.09. The zero-order valence-corrected chi connectivity index (χ0v) is 18.7. The topological polar surface area (TPSA) is 176 Å². The lowest BCUT2D eigenvalue weighted by Gasteiger charge is -2.13. The summed E-state index contributed by atoms with van der Waals surface area (Å²) in [5.74, 6) is -0.651. The molecule has 0 saturated carbocycles. The quantitative estimate of drug-likeness (QED) is 0.288. The second-order valence-electron chi connectivity index (χ2n) is 7.33. The second kappa shape index (κ2) is 8.86. The zero-order valence-electron chi connectivity index (χ0n) is 17.9. The van der Waals surface area contributed by atoms with Crippen LogP contribution in [-0.4, -0.2) is 41.5 Å². The van der Waals surface area contributed by atoms with Crippen LogP contribution in [0.3, 0.4) is 0 Å². The number of carbonyl (C=O) groups excluding carboxylic acids is 2. The number of hydrogen-bond donors (Lipinski definition) is 4. The molecule has 0 aliphatic carbocycles. The van der Waals surface area contributed by atoms with Gasteiger partial charge < -0.3 is 24.5 Å². The first-order valence-corrected chi connectivity index (χ1v) is 11.4. The molecular formula is C21H19N5O7S. The van der Waals surface area contributed by atoms with E-state index in [2.05, 4.69) is 25.2 Å². The third-order valence-corrected chi connectivity index (χ3v) is 6.08. The summed E-state index contributed by atoms with van der Waals surface area (Å²) in [6.07, 6.45) is -1.11. The predicted molar refractivity (Wildman–Crippen MR) is 121 cm³/mol. The van der Waals surface area contributed by atoms with Gasteiger partial charge in [-0.25, -0.2) is 18.0 Å². The van der Waals surface area contributed by atoms with Gasteiger partial charge in [0, 0.05) is 11.8 Å². The van der Waals surface area contributed by atoms with E-state index in [0.717, 1.165) is 0 Å². The van der Waals surface area contributed by atoms with Crippen LogP contribution in [0.15, 0.2) is 62.7 Å². The minimum absolute atomic E-state index is 0.0547. The number of nitrogens with one attached hydrogen (secondary N) is 4. The molecule has 0 fully saturated rings. The number of anilines is 2. The molecule has 0 aliphatic rings. The molecule has 176 valence electrons. The fourth-order valence-electron chi connectivity index (χ4n) is 3.00. The fourth-order valence-corrected chi connectivity index (χ4v) is 4.09. The second-order valence-corrected chi connectivity index (χ2v) is 9.01. The van der Waals surface area contributed by atoms with E-state index in [4.69, 9.17) is 9.26 Å². The highest BCUT2D eigenvalue weighted by molar-refractivity contribution is 7.92. The highest BCUT2D eigenvalue weighted by Crippen LogP contribution is 2.20. The number of aromatic amines is 2. The summed E-state index contributed by atoms with van der Waals surface area (Å²) in [5.41, 5.74) is 0.700. The Balaban J connectivity index is 1.40. The van der Waals surface area contributed by atoms with Gasteiger partial charge in [-0.3, -0.25) is 9.52 Å². The van der Waals surface area contributed by atoms with E-state index >= 15 is 0 Å². The monoisotopic (exact) mass is 485 g/mol. The molecule has 1 atom stereocenters. The van der Waals surface area contributed by atoms with E-state index in [9.17, 15) is 22.8 Å². The maximum Gasteiger partial charge on any atom is 0.338 e. The van der Waals surface area contributed by atoms with Gasteiger partial charge in [-0.1, -0.05) is 5.16 Å². The number of imidazole rings is 1. The average molecular weight is 485 g/mol. The molecule has 2 aromatic heterocycles. The van der Waals surface area contributed by atoms with Gasteiger partial charge in [0.25, 0.3) is 15.9 Å². The van der Waals surface area contributed by atoms with E-state index in [1.807, 2.05) is 0 Å². The number of esters is 1. The third-order valence-electron chi connectivity index (χ3n) is 4.70. The molecule has 0 saturated heterocycles. The number of aromatic nitrogens is 3. The summed E-state index contributed by atoms with van der Waals surface area (Å²) in [6, 6.07) is 11.2. The van der Waals surface area contributed by atoms with Crippen LogP contribution in [0.25, 0.3) is 11.0 Å². The summed E-state index contributed by atoms with van der Waals surface area (Å²) >= 11 is 0. The van der Waals surface area contributed by atoms with Crippen molar-refractivity contribution >= 4 is 44.4 Å². The Hall–Kier alpha value is -4.39. The van der Waals surface area contributed by atoms with Crippen molar-refractivity contribution in [2.45, 2.75) is 24.8 Å². The van der Waals surface area contributed by atoms with Crippen molar-refractivity contribution < 1.29 is 27.3 Å². The van der Waals surface area contributed by atoms with Gasteiger partial charge in [0.1, 0.15) is 5.76 Å². The molecule has 4 aromatic rings. The number of sulfonamides is 1. The molecule has 0 bridgehead atoms. The number of amides is 1. The molecule has 4 rings (SSSR count). The summed E-state index contributed by atoms with van der Waals surface area (Å²) in [7, 11) is -3.96. The Morgan fingerprint density at radius 2 is 1.76 bits per heavy atom. The van der Waals surface area contributed by atoms with Gasteiger partial charge in [0.2, 0.25) is 0 Å². The van der Waals surface area contributed by atoms with E-state index in [-0.39, 0.29) is 22.0 Å². The molecule has 1 amide bonds. The molecule has 13 heteroatoms. The van der Waals surface area contributed by atoms with Gasteiger partial charge in [-0.2, -0.15) is 0 Å². The van der Waals surface area contributed by atoms with Crippen LogP contribution in [0.2, 0.25) is 0 Å². The Morgan fingerprint density at radius 3 is 2.44 bits per heavy atom. The lowest BCUT2D eigenvalue weighted by atomic mass is 10.2. The highest BCUT2D eigenvalue weighted by atomic mass is 32.2. The van der Waals surface area contributed by atoms with Gasteiger partial charge in [-0.15, -0.1) is 0 Å². The first-order valence-electron chi connectivity index (χ1n) is 9.91. The largest absolute Gasteiger partial charge is 0.449 e. The third kappa shape index (κ3) is 4.99. The van der Waals surface area contributed by atoms with Crippen molar-refractivity contribution in [2.75, 3.05) is 10.0 Å². The van der Waals surface area contributed by atoms with Crippen LogP contribution >= 0.6 is 0 Å². The van der Waals surface area contributed by atoms with Crippen LogP contribution in [0.4, 0.5) is 11.5 Å². The lowest BCUT2D eigenvalue weighted by Crippen LogP contribution is -2.30. The normalized spacial score (nSPS) is 12.3. The minimum atomic E-state index is -3.96. The zero-order chi connectivity index (χ0) is 24.5. The lowest BCUT2D eigenvalue weighted by molar-refractivity contribution is -0.123. The number of ether oxygens (including phenoxy) is 1. The minimum Gasteiger partial charge on any atom is -0.449 e. The molecule has 0 radical (unpaired) electrons. The first kappa shape index (κ1) is 22.8. The van der Waals surface area contributed by atoms with Crippen molar-refractivity contribution in [3.8, 4) is 0 Å². The van der Waals surface area contributed by atoms with Crippen LogP contribution in [0.1, 0.15) is 23.0 Å². The van der Waals surface area contributed by atoms with Crippen LogP contribution < -0.4 is 15.7 Å². The van der Waals surface area contributed by atoms with E-state index in [1.165, 1.54) is 55.5 Å². The Labute approximate surface area is 192 Å². The van der Waals surface area contributed by atoms with Crippen molar-refractivity contribution in [3.05, 3.63) is 70.3 Å². The maximum atomic E-state index is 12.7. The Bertz CT molecular complexity index is 1530. The van der Waals surface area contributed by atoms with Crippen molar-refractivity contribution in [3.63, 3.8) is 0 Å². The number of benzene rings is 2.